The molecule has 29 heavy (non-hydrogen) atoms. The molecule has 2 heterocycles. The molecule has 2 aromatic carbocycles. The van der Waals surface area contributed by atoms with Gasteiger partial charge >= 0.3 is 0 Å². The quantitative estimate of drug-likeness (QED) is 0.754. The van der Waals surface area contributed by atoms with Crippen molar-refractivity contribution in [2.75, 3.05) is 40.0 Å². The third kappa shape index (κ3) is 4.61. The Bertz CT molecular complexity index is 877. The average molecular weight is 414 g/mol. The molecule has 0 aromatic heterocycles. The summed E-state index contributed by atoms with van der Waals surface area (Å²) in [6, 6.07) is 15.3. The summed E-state index contributed by atoms with van der Waals surface area (Å²) in [4.78, 5) is 15.2. The summed E-state index contributed by atoms with van der Waals surface area (Å²) in [6.07, 6.45) is 0.656. The SMILES string of the molecule is COc1ccc(C2=NN(C(=O)CN3CCOCC3)C(c3ccc(Cl)cc3)C2)cc1. The molecule has 0 radical (unpaired) electrons. The maximum Gasteiger partial charge on any atom is 0.257 e. The fraction of sp³-hybridized carbons (Fsp3) is 0.364. The Hall–Kier alpha value is -2.41. The molecular formula is C22H24ClN3O3. The first-order chi connectivity index (χ1) is 14.1. The number of halogens is 1. The van der Waals surface area contributed by atoms with Crippen LogP contribution >= 0.6 is 11.6 Å². The van der Waals surface area contributed by atoms with Crippen LogP contribution in [-0.2, 0) is 9.53 Å². The zero-order valence-electron chi connectivity index (χ0n) is 16.4. The van der Waals surface area contributed by atoms with Gasteiger partial charge in [0.25, 0.3) is 5.91 Å². The number of benzene rings is 2. The van der Waals surface area contributed by atoms with E-state index in [0.717, 1.165) is 35.7 Å². The summed E-state index contributed by atoms with van der Waals surface area (Å²) in [5.41, 5.74) is 2.91. The molecule has 1 unspecified atom stereocenters. The zero-order valence-corrected chi connectivity index (χ0v) is 17.1. The standard InChI is InChI=1S/C22H24ClN3O3/c1-28-19-8-4-16(5-9-19)20-14-21(17-2-6-18(23)7-3-17)26(24-20)22(27)15-25-10-12-29-13-11-25/h2-9,21H,10-15H2,1H3. The maximum absolute atomic E-state index is 13.1. The van der Waals surface area contributed by atoms with Gasteiger partial charge in [0.15, 0.2) is 0 Å². The van der Waals surface area contributed by atoms with Crippen molar-refractivity contribution >= 4 is 23.2 Å². The van der Waals surface area contributed by atoms with Crippen molar-refractivity contribution in [2.24, 2.45) is 5.10 Å². The molecule has 2 aromatic rings. The molecule has 0 bridgehead atoms. The van der Waals surface area contributed by atoms with Crippen LogP contribution in [0.2, 0.25) is 5.02 Å². The Labute approximate surface area is 175 Å². The van der Waals surface area contributed by atoms with E-state index in [9.17, 15) is 4.79 Å². The molecule has 1 atom stereocenters. The van der Waals surface area contributed by atoms with Crippen LogP contribution in [0.25, 0.3) is 0 Å². The molecular weight excluding hydrogens is 390 g/mol. The lowest BCUT2D eigenvalue weighted by Gasteiger charge is -2.29. The van der Waals surface area contributed by atoms with Gasteiger partial charge < -0.3 is 9.47 Å². The van der Waals surface area contributed by atoms with E-state index in [-0.39, 0.29) is 11.9 Å². The van der Waals surface area contributed by atoms with E-state index in [1.54, 1.807) is 12.1 Å². The van der Waals surface area contributed by atoms with Crippen LogP contribution in [0.3, 0.4) is 0 Å². The highest BCUT2D eigenvalue weighted by Crippen LogP contribution is 2.33. The van der Waals surface area contributed by atoms with Crippen LogP contribution in [0.1, 0.15) is 23.6 Å². The number of hydrogen-bond acceptors (Lipinski definition) is 5. The highest BCUT2D eigenvalue weighted by Gasteiger charge is 2.33. The Balaban J connectivity index is 1.59. The number of hydrogen-bond donors (Lipinski definition) is 0. The number of morpholine rings is 1. The van der Waals surface area contributed by atoms with Crippen molar-refractivity contribution in [3.05, 3.63) is 64.7 Å². The number of rotatable bonds is 5. The van der Waals surface area contributed by atoms with E-state index < -0.39 is 0 Å². The topological polar surface area (TPSA) is 54.4 Å². The summed E-state index contributed by atoms with van der Waals surface area (Å²) in [5, 5.41) is 7.04. The van der Waals surface area contributed by atoms with E-state index in [4.69, 9.17) is 26.2 Å². The molecule has 7 heteroatoms. The second-order valence-electron chi connectivity index (χ2n) is 7.17. The van der Waals surface area contributed by atoms with Crippen molar-refractivity contribution in [3.63, 3.8) is 0 Å². The number of carbonyl (C=O) groups is 1. The molecule has 0 saturated carbocycles. The molecule has 2 aliphatic rings. The molecule has 1 fully saturated rings. The number of methoxy groups -OCH3 is 1. The van der Waals surface area contributed by atoms with Gasteiger partial charge in [0.05, 0.1) is 38.6 Å². The van der Waals surface area contributed by atoms with E-state index in [1.807, 2.05) is 48.5 Å². The fourth-order valence-corrected chi connectivity index (χ4v) is 3.79. The van der Waals surface area contributed by atoms with Gasteiger partial charge in [-0.1, -0.05) is 23.7 Å². The van der Waals surface area contributed by atoms with Gasteiger partial charge in [0, 0.05) is 24.5 Å². The Kier molecular flexibility index (Phi) is 6.13. The minimum absolute atomic E-state index is 0.00429. The molecule has 4 rings (SSSR count). The Morgan fingerprint density at radius 1 is 1.14 bits per heavy atom. The lowest BCUT2D eigenvalue weighted by atomic mass is 9.98. The lowest BCUT2D eigenvalue weighted by Crippen LogP contribution is -2.43. The highest BCUT2D eigenvalue weighted by atomic mass is 35.5. The van der Waals surface area contributed by atoms with Gasteiger partial charge in [0.2, 0.25) is 0 Å². The smallest absolute Gasteiger partial charge is 0.257 e. The van der Waals surface area contributed by atoms with Gasteiger partial charge in [-0.2, -0.15) is 5.10 Å². The second-order valence-corrected chi connectivity index (χ2v) is 7.61. The normalized spacial score (nSPS) is 19.9. The Morgan fingerprint density at radius 2 is 1.83 bits per heavy atom. The first-order valence-corrected chi connectivity index (χ1v) is 10.1. The third-order valence-electron chi connectivity index (χ3n) is 5.31. The summed E-state index contributed by atoms with van der Waals surface area (Å²) in [6.45, 7) is 3.19. The molecule has 0 aliphatic carbocycles. The van der Waals surface area contributed by atoms with Gasteiger partial charge in [-0.05, 0) is 47.5 Å². The summed E-state index contributed by atoms with van der Waals surface area (Å²) in [5.74, 6) is 0.789. The van der Waals surface area contributed by atoms with E-state index >= 15 is 0 Å². The van der Waals surface area contributed by atoms with E-state index in [0.29, 0.717) is 31.2 Å². The van der Waals surface area contributed by atoms with Crippen molar-refractivity contribution in [2.45, 2.75) is 12.5 Å². The number of amides is 1. The van der Waals surface area contributed by atoms with Crippen molar-refractivity contribution < 1.29 is 14.3 Å². The summed E-state index contributed by atoms with van der Waals surface area (Å²) < 4.78 is 10.6. The second kappa shape index (κ2) is 8.95. The van der Waals surface area contributed by atoms with Crippen LogP contribution in [0, 0.1) is 0 Å². The molecule has 1 saturated heterocycles. The average Bonchev–Trinajstić information content (AvgIpc) is 3.21. The van der Waals surface area contributed by atoms with Crippen LogP contribution in [0.5, 0.6) is 5.75 Å². The first kappa shape index (κ1) is 19.9. The highest BCUT2D eigenvalue weighted by molar-refractivity contribution is 6.30. The number of nitrogens with zero attached hydrogens (tertiary/aromatic N) is 3. The molecule has 6 nitrogen and oxygen atoms in total. The predicted octanol–water partition coefficient (Wildman–Crippen LogP) is 3.36. The van der Waals surface area contributed by atoms with E-state index in [1.165, 1.54) is 0 Å². The Morgan fingerprint density at radius 3 is 2.48 bits per heavy atom. The van der Waals surface area contributed by atoms with Crippen LogP contribution in [0.15, 0.2) is 53.6 Å². The molecule has 0 N–H and O–H groups in total. The third-order valence-corrected chi connectivity index (χ3v) is 5.56. The minimum atomic E-state index is -0.141. The summed E-state index contributed by atoms with van der Waals surface area (Å²) >= 11 is 6.06. The van der Waals surface area contributed by atoms with Crippen molar-refractivity contribution in [1.29, 1.82) is 0 Å². The minimum Gasteiger partial charge on any atom is -0.497 e. The number of hydrazone groups is 1. The molecule has 1 amide bonds. The molecule has 152 valence electrons. The molecule has 2 aliphatic heterocycles. The van der Waals surface area contributed by atoms with Gasteiger partial charge in [0.1, 0.15) is 5.75 Å². The van der Waals surface area contributed by atoms with Crippen LogP contribution < -0.4 is 4.74 Å². The first-order valence-electron chi connectivity index (χ1n) is 9.73. The fourth-order valence-electron chi connectivity index (χ4n) is 3.67. The van der Waals surface area contributed by atoms with Gasteiger partial charge in [-0.25, -0.2) is 5.01 Å². The monoisotopic (exact) mass is 413 g/mol. The van der Waals surface area contributed by atoms with Gasteiger partial charge in [-0.15, -0.1) is 0 Å². The summed E-state index contributed by atoms with van der Waals surface area (Å²) in [7, 11) is 1.64. The zero-order chi connectivity index (χ0) is 20.2. The van der Waals surface area contributed by atoms with E-state index in [2.05, 4.69) is 4.90 Å². The predicted molar refractivity (Wildman–Crippen MR) is 112 cm³/mol. The van der Waals surface area contributed by atoms with Gasteiger partial charge in [-0.3, -0.25) is 9.69 Å². The number of carbonyl (C=O) groups excluding carboxylic acids is 1. The largest absolute Gasteiger partial charge is 0.497 e. The number of ether oxygens (including phenoxy) is 2. The van der Waals surface area contributed by atoms with Crippen molar-refractivity contribution in [3.8, 4) is 5.75 Å². The maximum atomic E-state index is 13.1. The van der Waals surface area contributed by atoms with Crippen molar-refractivity contribution in [1.82, 2.24) is 9.91 Å². The molecule has 0 spiro atoms. The van der Waals surface area contributed by atoms with Crippen LogP contribution in [-0.4, -0.2) is 61.5 Å². The van der Waals surface area contributed by atoms with Crippen LogP contribution in [0.4, 0.5) is 0 Å². The lowest BCUT2D eigenvalue weighted by molar-refractivity contribution is -0.135.